The summed E-state index contributed by atoms with van der Waals surface area (Å²) >= 11 is 6.12. The molecule has 2 aromatic carbocycles. The highest BCUT2D eigenvalue weighted by molar-refractivity contribution is 6.30. The average molecular weight is 572 g/mol. The van der Waals surface area contributed by atoms with E-state index in [1.165, 1.54) is 4.90 Å². The van der Waals surface area contributed by atoms with E-state index >= 15 is 0 Å². The Balaban J connectivity index is 1.00. The number of amides is 4. The fourth-order valence-corrected chi connectivity index (χ4v) is 6.09. The average Bonchev–Trinajstić information content (AvgIpc) is 3.28. The fraction of sp³-hybridized carbons (Fsp3) is 0.323. The number of anilines is 2. The first-order valence-electron chi connectivity index (χ1n) is 13.9. The summed E-state index contributed by atoms with van der Waals surface area (Å²) in [7, 11) is 0. The number of nitrogens with one attached hydrogen (secondary N) is 2. The second-order valence-corrected chi connectivity index (χ2v) is 11.3. The van der Waals surface area contributed by atoms with Crippen LogP contribution in [0.5, 0.6) is 0 Å². The monoisotopic (exact) mass is 571 g/mol. The van der Waals surface area contributed by atoms with E-state index in [-0.39, 0.29) is 36.6 Å². The number of fused-ring (bicyclic) bond motifs is 1. The summed E-state index contributed by atoms with van der Waals surface area (Å²) in [6.45, 7) is 1.94. The molecule has 210 valence electrons. The first kappa shape index (κ1) is 27.0. The fourth-order valence-electron chi connectivity index (χ4n) is 5.90. The molecule has 4 heterocycles. The van der Waals surface area contributed by atoms with Gasteiger partial charge < -0.3 is 15.1 Å². The van der Waals surface area contributed by atoms with Crippen molar-refractivity contribution in [3.05, 3.63) is 76.9 Å². The number of hydrogen-bond acceptors (Lipinski definition) is 6. The van der Waals surface area contributed by atoms with Crippen LogP contribution in [0.2, 0.25) is 5.02 Å². The van der Waals surface area contributed by atoms with Crippen LogP contribution in [0.4, 0.5) is 11.5 Å². The summed E-state index contributed by atoms with van der Waals surface area (Å²) in [6.07, 6.45) is 4.61. The molecule has 6 rings (SSSR count). The molecule has 1 aromatic heterocycles. The normalized spacial score (nSPS) is 19.2. The molecule has 3 aromatic rings. The molecule has 0 bridgehead atoms. The van der Waals surface area contributed by atoms with Gasteiger partial charge in [0.15, 0.2) is 0 Å². The molecule has 0 spiro atoms. The molecule has 2 fully saturated rings. The lowest BCUT2D eigenvalue weighted by atomic mass is 9.93. The number of carbonyl (C=O) groups is 4. The number of benzene rings is 2. The summed E-state index contributed by atoms with van der Waals surface area (Å²) in [4.78, 5) is 58.0. The SMILES string of the molecule is O=C1CCC(N2Cc3cc(NC(=O)CC4CCN(c5ccc(-c6cccc(Cl)c6)cn5)CC4)ccc3C2=O)C(=O)N1. The van der Waals surface area contributed by atoms with Gasteiger partial charge >= 0.3 is 0 Å². The topological polar surface area (TPSA) is 112 Å². The first-order valence-corrected chi connectivity index (χ1v) is 14.3. The van der Waals surface area contributed by atoms with Crippen LogP contribution in [0, 0.1) is 5.92 Å². The van der Waals surface area contributed by atoms with Crippen molar-refractivity contribution >= 4 is 46.7 Å². The van der Waals surface area contributed by atoms with E-state index in [4.69, 9.17) is 11.6 Å². The minimum atomic E-state index is -0.660. The summed E-state index contributed by atoms with van der Waals surface area (Å²) in [5.74, 6) is 0.166. The Labute approximate surface area is 242 Å². The maximum absolute atomic E-state index is 12.9. The molecule has 0 saturated carbocycles. The number of aromatic nitrogens is 1. The zero-order valence-corrected chi connectivity index (χ0v) is 23.2. The van der Waals surface area contributed by atoms with Gasteiger partial charge in [-0.2, -0.15) is 0 Å². The molecule has 3 aliphatic rings. The van der Waals surface area contributed by atoms with Crippen molar-refractivity contribution in [2.45, 2.75) is 44.7 Å². The molecule has 4 amide bonds. The number of imide groups is 1. The van der Waals surface area contributed by atoms with Gasteiger partial charge in [-0.25, -0.2) is 4.98 Å². The van der Waals surface area contributed by atoms with Crippen molar-refractivity contribution < 1.29 is 19.2 Å². The number of carbonyl (C=O) groups excluding carboxylic acids is 4. The smallest absolute Gasteiger partial charge is 0.255 e. The highest BCUT2D eigenvalue weighted by atomic mass is 35.5. The van der Waals surface area contributed by atoms with Crippen LogP contribution in [0.25, 0.3) is 11.1 Å². The van der Waals surface area contributed by atoms with Gasteiger partial charge in [-0.3, -0.25) is 24.5 Å². The van der Waals surface area contributed by atoms with E-state index < -0.39 is 11.9 Å². The summed E-state index contributed by atoms with van der Waals surface area (Å²) in [6, 6.07) is 16.4. The Hall–Kier alpha value is -4.24. The first-order chi connectivity index (χ1) is 19.8. The third-order valence-corrected chi connectivity index (χ3v) is 8.36. The number of nitrogens with zero attached hydrogens (tertiary/aromatic N) is 3. The largest absolute Gasteiger partial charge is 0.357 e. The van der Waals surface area contributed by atoms with Crippen LogP contribution >= 0.6 is 11.6 Å². The Morgan fingerprint density at radius 2 is 1.83 bits per heavy atom. The molecule has 2 saturated heterocycles. The minimum Gasteiger partial charge on any atom is -0.357 e. The number of rotatable bonds is 6. The van der Waals surface area contributed by atoms with Crippen LogP contribution in [-0.2, 0) is 20.9 Å². The Bertz CT molecular complexity index is 1520. The molecule has 0 radical (unpaired) electrons. The zero-order chi connectivity index (χ0) is 28.5. The van der Waals surface area contributed by atoms with Gasteiger partial charge in [0.05, 0.1) is 0 Å². The molecule has 0 aliphatic carbocycles. The lowest BCUT2D eigenvalue weighted by Crippen LogP contribution is -2.52. The van der Waals surface area contributed by atoms with Crippen LogP contribution in [0.1, 0.15) is 48.0 Å². The standard InChI is InChI=1S/C31H30ClN5O4/c32-23-3-1-2-20(15-23)21-4-8-27(33-17-21)36-12-10-19(11-13-36)14-29(39)34-24-5-6-25-22(16-24)18-37(31(25)41)26-7-9-28(38)35-30(26)40/h1-6,8,15-17,19,26H,7,9-14,18H2,(H,34,39)(H,35,38,40). The molecule has 1 atom stereocenters. The lowest BCUT2D eigenvalue weighted by molar-refractivity contribution is -0.137. The van der Waals surface area contributed by atoms with Crippen LogP contribution < -0.4 is 15.5 Å². The number of piperidine rings is 2. The van der Waals surface area contributed by atoms with Gasteiger partial charge in [0.25, 0.3) is 5.91 Å². The molecule has 2 N–H and O–H groups in total. The Morgan fingerprint density at radius 1 is 1.00 bits per heavy atom. The molecule has 1 unspecified atom stereocenters. The maximum Gasteiger partial charge on any atom is 0.255 e. The predicted molar refractivity (Wildman–Crippen MR) is 155 cm³/mol. The van der Waals surface area contributed by atoms with Gasteiger partial charge in [-0.05, 0) is 78.8 Å². The molecule has 9 nitrogen and oxygen atoms in total. The third kappa shape index (κ3) is 5.81. The van der Waals surface area contributed by atoms with Crippen LogP contribution in [-0.4, -0.2) is 52.6 Å². The number of hydrogen-bond donors (Lipinski definition) is 2. The summed E-state index contributed by atoms with van der Waals surface area (Å²) in [5.41, 5.74) is 3.97. The van der Waals surface area contributed by atoms with E-state index in [9.17, 15) is 19.2 Å². The van der Waals surface area contributed by atoms with Gasteiger partial charge in [0.1, 0.15) is 11.9 Å². The van der Waals surface area contributed by atoms with Gasteiger partial charge in [0, 0.05) is 60.5 Å². The summed E-state index contributed by atoms with van der Waals surface area (Å²) < 4.78 is 0. The summed E-state index contributed by atoms with van der Waals surface area (Å²) in [5, 5.41) is 5.99. The second kappa shape index (κ2) is 11.3. The number of pyridine rings is 1. The molecule has 41 heavy (non-hydrogen) atoms. The van der Waals surface area contributed by atoms with E-state index in [0.717, 1.165) is 48.4 Å². The third-order valence-electron chi connectivity index (χ3n) is 8.13. The Kier molecular flexibility index (Phi) is 7.45. The lowest BCUT2D eigenvalue weighted by Gasteiger charge is -2.32. The molecule has 10 heteroatoms. The van der Waals surface area contributed by atoms with Crippen molar-refractivity contribution in [3.63, 3.8) is 0 Å². The van der Waals surface area contributed by atoms with Gasteiger partial charge in [-0.1, -0.05) is 23.7 Å². The van der Waals surface area contributed by atoms with Crippen molar-refractivity contribution in [1.82, 2.24) is 15.2 Å². The molecule has 3 aliphatic heterocycles. The zero-order valence-electron chi connectivity index (χ0n) is 22.4. The maximum atomic E-state index is 12.9. The highest BCUT2D eigenvalue weighted by Crippen LogP contribution is 2.31. The van der Waals surface area contributed by atoms with Crippen molar-refractivity contribution in [3.8, 4) is 11.1 Å². The van der Waals surface area contributed by atoms with Gasteiger partial charge in [0.2, 0.25) is 17.7 Å². The van der Waals surface area contributed by atoms with Gasteiger partial charge in [-0.15, -0.1) is 0 Å². The second-order valence-electron chi connectivity index (χ2n) is 10.9. The van der Waals surface area contributed by atoms with E-state index in [1.807, 2.05) is 36.5 Å². The highest BCUT2D eigenvalue weighted by Gasteiger charge is 2.39. The quantitative estimate of drug-likeness (QED) is 0.424. The molecular formula is C31H30ClN5O4. The van der Waals surface area contributed by atoms with Crippen LogP contribution in [0.15, 0.2) is 60.8 Å². The van der Waals surface area contributed by atoms with Crippen molar-refractivity contribution in [2.75, 3.05) is 23.3 Å². The number of halogens is 1. The van der Waals surface area contributed by atoms with Crippen molar-refractivity contribution in [1.29, 1.82) is 0 Å². The van der Waals surface area contributed by atoms with Crippen LogP contribution in [0.3, 0.4) is 0 Å². The minimum absolute atomic E-state index is 0.0567. The Morgan fingerprint density at radius 3 is 2.56 bits per heavy atom. The van der Waals surface area contributed by atoms with E-state index in [1.54, 1.807) is 18.2 Å². The predicted octanol–water partition coefficient (Wildman–Crippen LogP) is 4.41. The molecular weight excluding hydrogens is 542 g/mol. The van der Waals surface area contributed by atoms with Crippen molar-refractivity contribution in [2.24, 2.45) is 5.92 Å². The van der Waals surface area contributed by atoms with E-state index in [2.05, 4.69) is 26.6 Å². The van der Waals surface area contributed by atoms with E-state index in [0.29, 0.717) is 29.1 Å².